The molecule has 140 valence electrons. The summed E-state index contributed by atoms with van der Waals surface area (Å²) in [4.78, 5) is 16.3. The summed E-state index contributed by atoms with van der Waals surface area (Å²) in [5.41, 5.74) is 0.469. The fraction of sp³-hybridized carbons (Fsp3) is 0.158. The molecule has 0 atom stereocenters. The van der Waals surface area contributed by atoms with E-state index >= 15 is 0 Å². The van der Waals surface area contributed by atoms with Crippen LogP contribution in [0, 0.1) is 0 Å². The smallest absolute Gasteiger partial charge is 0.416 e. The SMILES string of the molecule is CCOC(=O)c1cnc2cc(C(F)(F)F)ccc2c1Nc1ccc(Br)cc1. The molecule has 0 saturated carbocycles. The number of ether oxygens (including phenoxy) is 1. The zero-order valence-electron chi connectivity index (χ0n) is 14.1. The van der Waals surface area contributed by atoms with Crippen molar-refractivity contribution in [2.24, 2.45) is 0 Å². The molecule has 0 bridgehead atoms. The van der Waals surface area contributed by atoms with Crippen LogP contribution in [0.1, 0.15) is 22.8 Å². The first-order valence-corrected chi connectivity index (χ1v) is 8.78. The summed E-state index contributed by atoms with van der Waals surface area (Å²) in [7, 11) is 0. The van der Waals surface area contributed by atoms with E-state index in [0.717, 1.165) is 16.6 Å². The molecule has 1 heterocycles. The zero-order valence-corrected chi connectivity index (χ0v) is 15.7. The highest BCUT2D eigenvalue weighted by Gasteiger charge is 2.31. The Morgan fingerprint density at radius 2 is 1.89 bits per heavy atom. The van der Waals surface area contributed by atoms with Gasteiger partial charge in [-0.3, -0.25) is 4.98 Å². The molecule has 8 heteroatoms. The maximum Gasteiger partial charge on any atom is 0.416 e. The topological polar surface area (TPSA) is 51.2 Å². The Morgan fingerprint density at radius 1 is 1.19 bits per heavy atom. The van der Waals surface area contributed by atoms with Crippen LogP contribution in [-0.2, 0) is 10.9 Å². The highest BCUT2D eigenvalue weighted by molar-refractivity contribution is 9.10. The maximum atomic E-state index is 13.0. The number of nitrogens with one attached hydrogen (secondary N) is 1. The van der Waals surface area contributed by atoms with Crippen molar-refractivity contribution in [2.75, 3.05) is 11.9 Å². The number of halogens is 4. The minimum absolute atomic E-state index is 0.123. The van der Waals surface area contributed by atoms with Gasteiger partial charge in [-0.25, -0.2) is 4.79 Å². The van der Waals surface area contributed by atoms with Crippen LogP contribution in [-0.4, -0.2) is 17.6 Å². The average molecular weight is 439 g/mol. The number of fused-ring (bicyclic) bond motifs is 1. The third kappa shape index (κ3) is 4.21. The molecule has 0 radical (unpaired) electrons. The van der Waals surface area contributed by atoms with Crippen molar-refractivity contribution in [3.63, 3.8) is 0 Å². The van der Waals surface area contributed by atoms with Crippen molar-refractivity contribution < 1.29 is 22.7 Å². The van der Waals surface area contributed by atoms with Gasteiger partial charge in [-0.1, -0.05) is 22.0 Å². The monoisotopic (exact) mass is 438 g/mol. The summed E-state index contributed by atoms with van der Waals surface area (Å²) in [6.45, 7) is 1.84. The number of hydrogen-bond acceptors (Lipinski definition) is 4. The zero-order chi connectivity index (χ0) is 19.6. The number of carbonyl (C=O) groups excluding carboxylic acids is 1. The molecule has 0 unspecified atom stereocenters. The lowest BCUT2D eigenvalue weighted by molar-refractivity contribution is -0.137. The van der Waals surface area contributed by atoms with Gasteiger partial charge in [0.15, 0.2) is 0 Å². The van der Waals surface area contributed by atoms with Crippen LogP contribution in [0.15, 0.2) is 53.1 Å². The van der Waals surface area contributed by atoms with Crippen LogP contribution in [0.5, 0.6) is 0 Å². The number of esters is 1. The number of anilines is 2. The number of pyridine rings is 1. The van der Waals surface area contributed by atoms with Gasteiger partial charge in [0.25, 0.3) is 0 Å². The number of aromatic nitrogens is 1. The highest BCUT2D eigenvalue weighted by Crippen LogP contribution is 2.35. The minimum atomic E-state index is -4.48. The second-order valence-electron chi connectivity index (χ2n) is 5.63. The Hall–Kier alpha value is -2.61. The van der Waals surface area contributed by atoms with Crippen molar-refractivity contribution in [3.8, 4) is 0 Å². The van der Waals surface area contributed by atoms with Crippen molar-refractivity contribution >= 4 is 44.2 Å². The van der Waals surface area contributed by atoms with Gasteiger partial charge < -0.3 is 10.1 Å². The van der Waals surface area contributed by atoms with E-state index in [1.54, 1.807) is 31.2 Å². The third-order valence-electron chi connectivity index (χ3n) is 3.81. The molecule has 3 aromatic rings. The lowest BCUT2D eigenvalue weighted by Crippen LogP contribution is -2.10. The molecule has 0 spiro atoms. The molecule has 0 aliphatic heterocycles. The first-order chi connectivity index (χ1) is 12.8. The third-order valence-corrected chi connectivity index (χ3v) is 4.33. The van der Waals surface area contributed by atoms with E-state index in [4.69, 9.17) is 4.74 Å². The van der Waals surface area contributed by atoms with Crippen LogP contribution >= 0.6 is 15.9 Å². The number of alkyl halides is 3. The van der Waals surface area contributed by atoms with Gasteiger partial charge in [-0.05, 0) is 43.3 Å². The summed E-state index contributed by atoms with van der Waals surface area (Å²) >= 11 is 3.34. The van der Waals surface area contributed by atoms with Crippen molar-refractivity contribution in [3.05, 3.63) is 64.3 Å². The van der Waals surface area contributed by atoms with Gasteiger partial charge in [0.1, 0.15) is 5.56 Å². The Morgan fingerprint density at radius 3 is 2.52 bits per heavy atom. The van der Waals surface area contributed by atoms with Crippen LogP contribution in [0.4, 0.5) is 24.5 Å². The summed E-state index contributed by atoms with van der Waals surface area (Å²) in [6.07, 6.45) is -3.25. The summed E-state index contributed by atoms with van der Waals surface area (Å²) < 4.78 is 44.9. The van der Waals surface area contributed by atoms with Crippen LogP contribution in [0.3, 0.4) is 0 Å². The number of nitrogens with zero attached hydrogens (tertiary/aromatic N) is 1. The number of rotatable bonds is 4. The van der Waals surface area contributed by atoms with Crippen molar-refractivity contribution in [2.45, 2.75) is 13.1 Å². The molecule has 0 fully saturated rings. The Kier molecular flexibility index (Phi) is 5.36. The number of benzene rings is 2. The predicted molar refractivity (Wildman–Crippen MR) is 100 cm³/mol. The van der Waals surface area contributed by atoms with Gasteiger partial charge in [-0.2, -0.15) is 13.2 Å². The first-order valence-electron chi connectivity index (χ1n) is 7.99. The van der Waals surface area contributed by atoms with Crippen LogP contribution < -0.4 is 5.32 Å². The molecule has 2 aromatic carbocycles. The Balaban J connectivity index is 2.16. The largest absolute Gasteiger partial charge is 0.462 e. The molecule has 4 nitrogen and oxygen atoms in total. The average Bonchev–Trinajstić information content (AvgIpc) is 2.62. The van der Waals surface area contributed by atoms with E-state index in [1.807, 2.05) is 0 Å². The molecular weight excluding hydrogens is 425 g/mol. The lowest BCUT2D eigenvalue weighted by atomic mass is 10.1. The van der Waals surface area contributed by atoms with Crippen molar-refractivity contribution in [1.29, 1.82) is 0 Å². The minimum Gasteiger partial charge on any atom is -0.462 e. The van der Waals surface area contributed by atoms with Crippen LogP contribution in [0.25, 0.3) is 10.9 Å². The molecule has 0 aliphatic carbocycles. The van der Waals surface area contributed by atoms with Gasteiger partial charge in [0.05, 0.1) is 23.4 Å². The maximum absolute atomic E-state index is 13.0. The van der Waals surface area contributed by atoms with Gasteiger partial charge in [-0.15, -0.1) is 0 Å². The Bertz CT molecular complexity index is 989. The molecule has 0 aliphatic rings. The normalized spacial score (nSPS) is 11.4. The lowest BCUT2D eigenvalue weighted by Gasteiger charge is -2.15. The highest BCUT2D eigenvalue weighted by atomic mass is 79.9. The van der Waals surface area contributed by atoms with E-state index in [1.165, 1.54) is 12.3 Å². The molecular formula is C19H14BrF3N2O2. The van der Waals surface area contributed by atoms with E-state index in [-0.39, 0.29) is 17.7 Å². The fourth-order valence-corrected chi connectivity index (χ4v) is 2.81. The second kappa shape index (κ2) is 7.56. The van der Waals surface area contributed by atoms with Crippen molar-refractivity contribution in [1.82, 2.24) is 4.98 Å². The summed E-state index contributed by atoms with van der Waals surface area (Å²) in [5.74, 6) is -0.605. The number of carbonyl (C=O) groups is 1. The summed E-state index contributed by atoms with van der Waals surface area (Å²) in [6, 6.07) is 10.4. The van der Waals surface area contributed by atoms with E-state index in [9.17, 15) is 18.0 Å². The molecule has 27 heavy (non-hydrogen) atoms. The Labute approximate surface area is 161 Å². The second-order valence-corrected chi connectivity index (χ2v) is 6.54. The predicted octanol–water partition coefficient (Wildman–Crippen LogP) is 5.94. The van der Waals surface area contributed by atoms with Gasteiger partial charge in [0, 0.05) is 21.7 Å². The first kappa shape index (κ1) is 19.2. The fourth-order valence-electron chi connectivity index (χ4n) is 2.55. The molecule has 1 N–H and O–H groups in total. The molecule has 0 saturated heterocycles. The standard InChI is InChI=1S/C19H14BrF3N2O2/c1-2-27-18(26)15-10-24-16-9-11(19(21,22)23)3-8-14(16)17(15)25-13-6-4-12(20)5-7-13/h3-10H,2H2,1H3,(H,24,25). The summed E-state index contributed by atoms with van der Waals surface area (Å²) in [5, 5.41) is 3.48. The molecule has 3 rings (SSSR count). The number of hydrogen-bond donors (Lipinski definition) is 1. The van der Waals surface area contributed by atoms with E-state index < -0.39 is 17.7 Å². The van der Waals surface area contributed by atoms with Gasteiger partial charge >= 0.3 is 12.1 Å². The molecule has 0 amide bonds. The van der Waals surface area contributed by atoms with Gasteiger partial charge in [0.2, 0.25) is 0 Å². The van der Waals surface area contributed by atoms with Crippen LogP contribution in [0.2, 0.25) is 0 Å². The quantitative estimate of drug-likeness (QED) is 0.512. The van der Waals surface area contributed by atoms with E-state index in [0.29, 0.717) is 16.8 Å². The molecule has 1 aromatic heterocycles. The van der Waals surface area contributed by atoms with E-state index in [2.05, 4.69) is 26.2 Å².